The Morgan fingerprint density at radius 3 is 2.18 bits per heavy atom. The maximum atomic E-state index is 12.6. The number of piperazine rings is 1. The van der Waals surface area contributed by atoms with E-state index in [0.717, 1.165) is 23.1 Å². The molecule has 1 aliphatic heterocycles. The topological polar surface area (TPSA) is 83.7 Å². The summed E-state index contributed by atoms with van der Waals surface area (Å²) in [7, 11) is 0. The fourth-order valence-electron chi connectivity index (χ4n) is 4.00. The van der Waals surface area contributed by atoms with Gasteiger partial charge in [-0.2, -0.15) is 13.2 Å². The second kappa shape index (κ2) is 10.7. The smallest absolute Gasteiger partial charge is 0.369 e. The molecule has 0 unspecified atom stereocenters. The minimum absolute atomic E-state index is 0.0787. The highest BCUT2D eigenvalue weighted by Crippen LogP contribution is 2.24. The highest BCUT2D eigenvalue weighted by molar-refractivity contribution is 6.00. The number of hydrogen-bond acceptors (Lipinski definition) is 4. The zero-order chi connectivity index (χ0) is 24.9. The molecule has 2 aromatic rings. The van der Waals surface area contributed by atoms with Gasteiger partial charge < -0.3 is 15.5 Å². The standard InChI is InChI=1S/C25H27F3N3O3/c1-2-18-15-17(3-5-20(18)16-22(29)32)4-10-23(33)31-13-11-30(12-14-31)21-8-6-19(7-9-21)24(34)25(26,27)28/h3,5-10,15H,2,4,11-14,16H2,1H3,(H2,29,32). The minimum atomic E-state index is -4.90. The van der Waals surface area contributed by atoms with Crippen molar-refractivity contribution in [2.45, 2.75) is 32.4 Å². The first-order chi connectivity index (χ1) is 16.1. The number of anilines is 1. The molecule has 3 rings (SSSR count). The summed E-state index contributed by atoms with van der Waals surface area (Å²) >= 11 is 0. The van der Waals surface area contributed by atoms with Crippen molar-refractivity contribution in [2.75, 3.05) is 31.1 Å². The lowest BCUT2D eigenvalue weighted by Gasteiger charge is -2.36. The number of hydrogen-bond donors (Lipinski definition) is 1. The largest absolute Gasteiger partial charge is 0.454 e. The maximum Gasteiger partial charge on any atom is 0.454 e. The molecule has 1 saturated heterocycles. The van der Waals surface area contributed by atoms with Crippen molar-refractivity contribution in [3.63, 3.8) is 0 Å². The number of ketones is 1. The summed E-state index contributed by atoms with van der Waals surface area (Å²) < 4.78 is 37.7. The predicted octanol–water partition coefficient (Wildman–Crippen LogP) is 3.12. The van der Waals surface area contributed by atoms with Gasteiger partial charge in [0.1, 0.15) is 0 Å². The molecule has 1 aliphatic rings. The Hall–Kier alpha value is -3.36. The predicted molar refractivity (Wildman–Crippen MR) is 122 cm³/mol. The molecule has 0 spiro atoms. The number of aryl methyl sites for hydroxylation is 1. The Labute approximate surface area is 196 Å². The molecule has 1 radical (unpaired) electrons. The van der Waals surface area contributed by atoms with Gasteiger partial charge in [0.2, 0.25) is 11.8 Å². The van der Waals surface area contributed by atoms with Crippen molar-refractivity contribution in [3.05, 3.63) is 71.1 Å². The fourth-order valence-corrected chi connectivity index (χ4v) is 4.00. The number of nitrogens with zero attached hydrogens (tertiary/aromatic N) is 2. The van der Waals surface area contributed by atoms with E-state index in [1.165, 1.54) is 24.3 Å². The van der Waals surface area contributed by atoms with E-state index in [1.54, 1.807) is 11.3 Å². The van der Waals surface area contributed by atoms with Crippen LogP contribution in [0.3, 0.4) is 0 Å². The number of Topliss-reactive ketones (excluding diaryl/α,β-unsaturated/α-hetero) is 1. The molecule has 0 atom stereocenters. The lowest BCUT2D eigenvalue weighted by atomic mass is 9.97. The minimum Gasteiger partial charge on any atom is -0.369 e. The molecular weight excluding hydrogens is 447 g/mol. The Balaban J connectivity index is 1.51. The summed E-state index contributed by atoms with van der Waals surface area (Å²) in [4.78, 5) is 38.9. The lowest BCUT2D eigenvalue weighted by molar-refractivity contribution is -0.128. The summed E-state index contributed by atoms with van der Waals surface area (Å²) in [6, 6.07) is 11.1. The number of halogens is 3. The molecule has 2 N–H and O–H groups in total. The zero-order valence-electron chi connectivity index (χ0n) is 18.9. The number of carbonyl (C=O) groups is 3. The van der Waals surface area contributed by atoms with Crippen LogP contribution in [0.5, 0.6) is 0 Å². The molecule has 181 valence electrons. The van der Waals surface area contributed by atoms with Gasteiger partial charge in [-0.3, -0.25) is 14.4 Å². The highest BCUT2D eigenvalue weighted by atomic mass is 19.4. The third-order valence-corrected chi connectivity index (χ3v) is 5.87. The van der Waals surface area contributed by atoms with E-state index in [4.69, 9.17) is 5.73 Å². The second-order valence-electron chi connectivity index (χ2n) is 8.19. The van der Waals surface area contributed by atoms with Crippen LogP contribution in [0.1, 0.15) is 34.0 Å². The molecule has 1 heterocycles. The Bertz CT molecular complexity index is 1040. The van der Waals surface area contributed by atoms with Gasteiger partial charge in [0.15, 0.2) is 0 Å². The summed E-state index contributed by atoms with van der Waals surface area (Å²) in [5.41, 5.74) is 8.52. The zero-order valence-corrected chi connectivity index (χ0v) is 18.9. The van der Waals surface area contributed by atoms with Crippen LogP contribution < -0.4 is 10.6 Å². The monoisotopic (exact) mass is 474 g/mol. The van der Waals surface area contributed by atoms with Crippen LogP contribution in [0.2, 0.25) is 0 Å². The van der Waals surface area contributed by atoms with Gasteiger partial charge in [0.05, 0.1) is 12.8 Å². The van der Waals surface area contributed by atoms with Gasteiger partial charge >= 0.3 is 6.18 Å². The molecule has 34 heavy (non-hydrogen) atoms. The molecule has 0 aromatic heterocycles. The van der Waals surface area contributed by atoms with Crippen molar-refractivity contribution < 1.29 is 27.6 Å². The molecule has 1 fully saturated rings. The van der Waals surface area contributed by atoms with Crippen LogP contribution in [0.15, 0.2) is 42.5 Å². The fraction of sp³-hybridized carbons (Fsp3) is 0.360. The SMILES string of the molecule is CCc1cc(C[CH]C(=O)N2CCN(c3ccc(C(=O)C(F)(F)F)cc3)CC2)ccc1CC(N)=O. The first-order valence-electron chi connectivity index (χ1n) is 11.1. The number of carbonyl (C=O) groups excluding carboxylic acids is 3. The normalized spacial score (nSPS) is 14.2. The Morgan fingerprint density at radius 1 is 0.971 bits per heavy atom. The van der Waals surface area contributed by atoms with Crippen molar-refractivity contribution in [1.82, 2.24) is 4.90 Å². The van der Waals surface area contributed by atoms with E-state index in [9.17, 15) is 27.6 Å². The molecule has 2 aromatic carbocycles. The number of amides is 2. The summed E-state index contributed by atoms with van der Waals surface area (Å²) in [6.45, 7) is 4.04. The van der Waals surface area contributed by atoms with E-state index >= 15 is 0 Å². The second-order valence-corrected chi connectivity index (χ2v) is 8.19. The summed E-state index contributed by atoms with van der Waals surface area (Å²) in [6.07, 6.45) is -1.84. The van der Waals surface area contributed by atoms with Crippen molar-refractivity contribution in [3.8, 4) is 0 Å². The molecule has 0 saturated carbocycles. The third kappa shape index (κ3) is 6.36. The van der Waals surface area contributed by atoms with Crippen LogP contribution in [-0.4, -0.2) is 54.9 Å². The van der Waals surface area contributed by atoms with Crippen molar-refractivity contribution >= 4 is 23.3 Å². The summed E-state index contributed by atoms with van der Waals surface area (Å²) in [5, 5.41) is 0. The van der Waals surface area contributed by atoms with Gasteiger partial charge in [-0.1, -0.05) is 25.1 Å². The highest BCUT2D eigenvalue weighted by Gasteiger charge is 2.39. The first kappa shape index (κ1) is 25.3. The van der Waals surface area contributed by atoms with Crippen LogP contribution in [-0.2, 0) is 28.9 Å². The van der Waals surface area contributed by atoms with Gasteiger partial charge in [-0.15, -0.1) is 0 Å². The number of alkyl halides is 3. The van der Waals surface area contributed by atoms with Crippen LogP contribution >= 0.6 is 0 Å². The van der Waals surface area contributed by atoms with E-state index < -0.39 is 17.5 Å². The van der Waals surface area contributed by atoms with Crippen molar-refractivity contribution in [2.24, 2.45) is 5.73 Å². The molecule has 6 nitrogen and oxygen atoms in total. The summed E-state index contributed by atoms with van der Waals surface area (Å²) in [5.74, 6) is -2.32. The van der Waals surface area contributed by atoms with Crippen molar-refractivity contribution in [1.29, 1.82) is 0 Å². The van der Waals surface area contributed by atoms with E-state index in [0.29, 0.717) is 38.3 Å². The molecule has 0 aliphatic carbocycles. The van der Waals surface area contributed by atoms with Gasteiger partial charge in [0.25, 0.3) is 5.78 Å². The number of primary amides is 1. The average molecular weight is 475 g/mol. The van der Waals surface area contributed by atoms with E-state index in [-0.39, 0.29) is 18.2 Å². The van der Waals surface area contributed by atoms with Crippen LogP contribution in [0, 0.1) is 6.42 Å². The average Bonchev–Trinajstić information content (AvgIpc) is 2.82. The first-order valence-corrected chi connectivity index (χ1v) is 11.1. The lowest BCUT2D eigenvalue weighted by Crippen LogP contribution is -2.49. The Morgan fingerprint density at radius 2 is 1.62 bits per heavy atom. The van der Waals surface area contributed by atoms with Gasteiger partial charge in [-0.05, 0) is 53.8 Å². The molecule has 0 bridgehead atoms. The van der Waals surface area contributed by atoms with E-state index in [2.05, 4.69) is 0 Å². The van der Waals surface area contributed by atoms with Gasteiger partial charge in [-0.25, -0.2) is 0 Å². The number of benzene rings is 2. The number of rotatable bonds is 8. The molecule has 9 heteroatoms. The Kier molecular flexibility index (Phi) is 7.96. The quantitative estimate of drug-likeness (QED) is 0.596. The van der Waals surface area contributed by atoms with Gasteiger partial charge in [0, 0.05) is 37.4 Å². The molecule has 2 amide bonds. The molecular formula is C25H27F3N3O3. The third-order valence-electron chi connectivity index (χ3n) is 5.87. The maximum absolute atomic E-state index is 12.6. The number of nitrogens with two attached hydrogens (primary N) is 1. The van der Waals surface area contributed by atoms with Crippen LogP contribution in [0.25, 0.3) is 0 Å². The van der Waals surface area contributed by atoms with Crippen LogP contribution in [0.4, 0.5) is 18.9 Å². The van der Waals surface area contributed by atoms with E-state index in [1.807, 2.05) is 30.0 Å².